The van der Waals surface area contributed by atoms with Gasteiger partial charge in [0.05, 0.1) is 17.6 Å². The Morgan fingerprint density at radius 1 is 1.39 bits per heavy atom. The van der Waals surface area contributed by atoms with Gasteiger partial charge in [-0.2, -0.15) is 5.10 Å². The number of nitrogens with zero attached hydrogens (tertiary/aromatic N) is 3. The Hall–Kier alpha value is -1.20. The fraction of sp³-hybridized carbons (Fsp3) is 0.385. The van der Waals surface area contributed by atoms with Gasteiger partial charge in [-0.3, -0.25) is 4.98 Å². The maximum absolute atomic E-state index is 5.76. The van der Waals surface area contributed by atoms with Crippen LogP contribution >= 0.6 is 15.9 Å². The van der Waals surface area contributed by atoms with E-state index >= 15 is 0 Å². The van der Waals surface area contributed by atoms with Crippen molar-refractivity contribution >= 4 is 15.9 Å². The third-order valence-corrected chi connectivity index (χ3v) is 3.56. The van der Waals surface area contributed by atoms with Crippen LogP contribution in [0, 0.1) is 13.8 Å². The molecule has 2 aromatic rings. The first kappa shape index (κ1) is 13.2. The molecule has 1 unspecified atom stereocenters. The van der Waals surface area contributed by atoms with Crippen LogP contribution in [0.2, 0.25) is 0 Å². The average Bonchev–Trinajstić information content (AvgIpc) is 2.64. The third-order valence-electron chi connectivity index (χ3n) is 3.13. The molecule has 96 valence electrons. The standard InChI is InChI=1S/C13H17BrN4/c1-8(5-15)13-9(2)17-18(10(13)3)12-4-11(14)6-16-7-12/h4,6-8H,5,15H2,1-3H3. The van der Waals surface area contributed by atoms with Crippen molar-refractivity contribution in [1.82, 2.24) is 14.8 Å². The molecule has 2 heterocycles. The Bertz CT molecular complexity index is 562. The fourth-order valence-electron chi connectivity index (χ4n) is 2.25. The predicted octanol–water partition coefficient (Wildman–Crippen LogP) is 2.71. The van der Waals surface area contributed by atoms with Gasteiger partial charge >= 0.3 is 0 Å². The number of nitrogens with two attached hydrogens (primary N) is 1. The van der Waals surface area contributed by atoms with E-state index in [0.717, 1.165) is 21.5 Å². The minimum absolute atomic E-state index is 0.318. The molecule has 4 nitrogen and oxygen atoms in total. The number of pyridine rings is 1. The third kappa shape index (κ3) is 2.33. The highest BCUT2D eigenvalue weighted by atomic mass is 79.9. The molecule has 0 radical (unpaired) electrons. The molecule has 0 aliphatic rings. The van der Waals surface area contributed by atoms with Gasteiger partial charge in [0, 0.05) is 21.9 Å². The molecule has 0 amide bonds. The first-order valence-electron chi connectivity index (χ1n) is 5.91. The van der Waals surface area contributed by atoms with Crippen LogP contribution in [0.15, 0.2) is 22.9 Å². The normalized spacial score (nSPS) is 12.7. The molecule has 2 aromatic heterocycles. The Morgan fingerprint density at radius 3 is 2.72 bits per heavy atom. The number of hydrogen-bond acceptors (Lipinski definition) is 3. The second kappa shape index (κ2) is 5.20. The summed E-state index contributed by atoms with van der Waals surface area (Å²) in [7, 11) is 0. The zero-order chi connectivity index (χ0) is 13.3. The van der Waals surface area contributed by atoms with Gasteiger partial charge in [-0.05, 0) is 48.3 Å². The van der Waals surface area contributed by atoms with Gasteiger partial charge in [-0.25, -0.2) is 4.68 Å². The van der Waals surface area contributed by atoms with Gasteiger partial charge in [0.15, 0.2) is 0 Å². The minimum atomic E-state index is 0.318. The molecule has 0 bridgehead atoms. The van der Waals surface area contributed by atoms with Crippen molar-refractivity contribution in [2.45, 2.75) is 26.7 Å². The number of halogens is 1. The van der Waals surface area contributed by atoms with Crippen LogP contribution in [0.25, 0.3) is 5.69 Å². The van der Waals surface area contributed by atoms with E-state index in [1.54, 1.807) is 12.4 Å². The molecule has 0 aliphatic heterocycles. The van der Waals surface area contributed by atoms with Gasteiger partial charge in [0.25, 0.3) is 0 Å². The molecule has 5 heteroatoms. The largest absolute Gasteiger partial charge is 0.330 e. The van der Waals surface area contributed by atoms with Crippen molar-refractivity contribution in [1.29, 1.82) is 0 Å². The molecule has 1 atom stereocenters. The monoisotopic (exact) mass is 308 g/mol. The molecular weight excluding hydrogens is 292 g/mol. The number of aryl methyl sites for hydroxylation is 1. The lowest BCUT2D eigenvalue weighted by Crippen LogP contribution is -2.10. The van der Waals surface area contributed by atoms with Crippen LogP contribution in [0.1, 0.15) is 29.8 Å². The van der Waals surface area contributed by atoms with Crippen LogP contribution in [-0.4, -0.2) is 21.3 Å². The molecule has 0 aromatic carbocycles. The van der Waals surface area contributed by atoms with Crippen molar-refractivity contribution in [2.75, 3.05) is 6.54 Å². The topological polar surface area (TPSA) is 56.7 Å². The zero-order valence-corrected chi connectivity index (χ0v) is 12.4. The van der Waals surface area contributed by atoms with Crippen molar-refractivity contribution in [3.05, 3.63) is 39.9 Å². The van der Waals surface area contributed by atoms with Crippen molar-refractivity contribution < 1.29 is 0 Å². The summed E-state index contributed by atoms with van der Waals surface area (Å²) >= 11 is 3.43. The fourth-order valence-corrected chi connectivity index (χ4v) is 2.61. The summed E-state index contributed by atoms with van der Waals surface area (Å²) in [5.74, 6) is 0.318. The van der Waals surface area contributed by atoms with Crippen molar-refractivity contribution in [2.24, 2.45) is 5.73 Å². The first-order chi connectivity index (χ1) is 8.54. The van der Waals surface area contributed by atoms with Crippen molar-refractivity contribution in [3.63, 3.8) is 0 Å². The molecule has 0 aliphatic carbocycles. The smallest absolute Gasteiger partial charge is 0.0843 e. The van der Waals surface area contributed by atoms with Gasteiger partial charge < -0.3 is 5.73 Å². The molecule has 2 rings (SSSR count). The summed E-state index contributed by atoms with van der Waals surface area (Å²) in [6, 6.07) is 2.00. The molecule has 0 spiro atoms. The lowest BCUT2D eigenvalue weighted by molar-refractivity contribution is 0.759. The molecule has 0 saturated heterocycles. The predicted molar refractivity (Wildman–Crippen MR) is 76.0 cm³/mol. The maximum Gasteiger partial charge on any atom is 0.0843 e. The van der Waals surface area contributed by atoms with Crippen LogP contribution in [0.3, 0.4) is 0 Å². The highest BCUT2D eigenvalue weighted by molar-refractivity contribution is 9.10. The second-order valence-corrected chi connectivity index (χ2v) is 5.41. The SMILES string of the molecule is Cc1nn(-c2cncc(Br)c2)c(C)c1C(C)CN. The van der Waals surface area contributed by atoms with E-state index in [1.165, 1.54) is 5.56 Å². The summed E-state index contributed by atoms with van der Waals surface area (Å²) in [5, 5.41) is 4.59. The molecule has 0 fully saturated rings. The van der Waals surface area contributed by atoms with Crippen molar-refractivity contribution in [3.8, 4) is 5.69 Å². The molecular formula is C13H17BrN4. The number of aromatic nitrogens is 3. The van der Waals surface area contributed by atoms with Gasteiger partial charge in [-0.15, -0.1) is 0 Å². The van der Waals surface area contributed by atoms with Gasteiger partial charge in [0.2, 0.25) is 0 Å². The Morgan fingerprint density at radius 2 is 2.11 bits per heavy atom. The summed E-state index contributed by atoms with van der Waals surface area (Å²) < 4.78 is 2.87. The minimum Gasteiger partial charge on any atom is -0.330 e. The lowest BCUT2D eigenvalue weighted by atomic mass is 9.99. The van der Waals surface area contributed by atoms with E-state index in [0.29, 0.717) is 12.5 Å². The number of hydrogen-bond donors (Lipinski definition) is 1. The van der Waals surface area contributed by atoms with Crippen LogP contribution < -0.4 is 5.73 Å². The van der Waals surface area contributed by atoms with Gasteiger partial charge in [-0.1, -0.05) is 6.92 Å². The highest BCUT2D eigenvalue weighted by Gasteiger charge is 2.17. The highest BCUT2D eigenvalue weighted by Crippen LogP contribution is 2.25. The van der Waals surface area contributed by atoms with E-state index in [-0.39, 0.29) is 0 Å². The summed E-state index contributed by atoms with van der Waals surface area (Å²) in [4.78, 5) is 4.17. The zero-order valence-electron chi connectivity index (χ0n) is 10.8. The quantitative estimate of drug-likeness (QED) is 0.948. The number of rotatable bonds is 3. The molecule has 18 heavy (non-hydrogen) atoms. The van der Waals surface area contributed by atoms with Gasteiger partial charge in [0.1, 0.15) is 0 Å². The van der Waals surface area contributed by atoms with E-state index in [4.69, 9.17) is 5.73 Å². The summed E-state index contributed by atoms with van der Waals surface area (Å²) in [6.45, 7) is 6.85. The van der Waals surface area contributed by atoms with Crippen LogP contribution in [0.4, 0.5) is 0 Å². The Balaban J connectivity index is 2.54. The van der Waals surface area contributed by atoms with Crippen LogP contribution in [0.5, 0.6) is 0 Å². The van der Waals surface area contributed by atoms with E-state index in [9.17, 15) is 0 Å². The van der Waals surface area contributed by atoms with E-state index in [1.807, 2.05) is 17.7 Å². The molecule has 2 N–H and O–H groups in total. The summed E-state index contributed by atoms with van der Waals surface area (Å²) in [5.41, 5.74) is 10.1. The lowest BCUT2D eigenvalue weighted by Gasteiger charge is -2.10. The average molecular weight is 309 g/mol. The Kier molecular flexibility index (Phi) is 3.82. The maximum atomic E-state index is 5.76. The Labute approximate surface area is 115 Å². The summed E-state index contributed by atoms with van der Waals surface area (Å²) in [6.07, 6.45) is 3.57. The molecule has 0 saturated carbocycles. The second-order valence-electron chi connectivity index (χ2n) is 4.49. The van der Waals surface area contributed by atoms with E-state index < -0.39 is 0 Å². The van der Waals surface area contributed by atoms with Crippen LogP contribution in [-0.2, 0) is 0 Å². The van der Waals surface area contributed by atoms with E-state index in [2.05, 4.69) is 39.9 Å². The first-order valence-corrected chi connectivity index (χ1v) is 6.71.